The average Bonchev–Trinajstić information content (AvgIpc) is 3.64. The number of piperidine rings is 1. The van der Waals surface area contributed by atoms with Gasteiger partial charge < -0.3 is 10.2 Å². The van der Waals surface area contributed by atoms with Crippen molar-refractivity contribution in [1.29, 1.82) is 0 Å². The molecule has 11 heteroatoms. The molecule has 1 amide bonds. The molecule has 0 unspecified atom stereocenters. The zero-order valence-corrected chi connectivity index (χ0v) is 18.1. The number of rotatable bonds is 4. The fraction of sp³-hybridized carbons (Fsp3) is 0.391. The number of hydrogen-bond acceptors (Lipinski definition) is 5. The van der Waals surface area contributed by atoms with Gasteiger partial charge >= 0.3 is 11.9 Å². The van der Waals surface area contributed by atoms with Gasteiger partial charge in [-0.1, -0.05) is 0 Å². The number of anilines is 2. The molecule has 34 heavy (non-hydrogen) atoms. The Kier molecular flexibility index (Phi) is 5.41. The first-order valence-corrected chi connectivity index (χ1v) is 11.1. The molecule has 2 N–H and O–H groups in total. The normalized spacial score (nSPS) is 16.6. The SMILES string of the molecule is O=C(Nc1cc(C(F)(F)F)ccc1N1CCCCC1)c1cnc2c(c1)c(=O)[nH]c(=O)n2C1CC1. The van der Waals surface area contributed by atoms with Crippen molar-refractivity contribution in [2.75, 3.05) is 23.3 Å². The van der Waals surface area contributed by atoms with Gasteiger partial charge in [-0.3, -0.25) is 19.1 Å². The summed E-state index contributed by atoms with van der Waals surface area (Å²) >= 11 is 0. The van der Waals surface area contributed by atoms with Gasteiger partial charge in [-0.05, 0) is 56.4 Å². The number of hydrogen-bond donors (Lipinski definition) is 2. The molecule has 0 bridgehead atoms. The minimum Gasteiger partial charge on any atom is -0.370 e. The summed E-state index contributed by atoms with van der Waals surface area (Å²) in [5, 5.41) is 2.65. The molecule has 0 atom stereocenters. The predicted octanol–water partition coefficient (Wildman–Crippen LogP) is 3.68. The molecule has 1 aliphatic carbocycles. The molecule has 1 saturated heterocycles. The standard InChI is InChI=1S/C23H22F3N5O3/c24-23(25,26)14-4-7-18(30-8-2-1-3-9-30)17(11-14)28-20(32)13-10-16-19(27-12-13)31(15-5-6-15)22(34)29-21(16)33/h4,7,10-12,15H,1-3,5-6,8-9H2,(H,28,32)(H,29,33,34). The van der Waals surface area contributed by atoms with E-state index >= 15 is 0 Å². The van der Waals surface area contributed by atoms with Gasteiger partial charge in [0.05, 0.1) is 27.9 Å². The van der Waals surface area contributed by atoms with E-state index in [1.54, 1.807) is 0 Å². The van der Waals surface area contributed by atoms with Crippen molar-refractivity contribution in [2.45, 2.75) is 44.3 Å². The van der Waals surface area contributed by atoms with E-state index in [1.165, 1.54) is 22.9 Å². The minimum atomic E-state index is -4.57. The quantitative estimate of drug-likeness (QED) is 0.602. The predicted molar refractivity (Wildman–Crippen MR) is 120 cm³/mol. The molecule has 5 rings (SSSR count). The van der Waals surface area contributed by atoms with Crippen molar-refractivity contribution >= 4 is 28.3 Å². The molecule has 2 aromatic heterocycles. The molecular weight excluding hydrogens is 451 g/mol. The third-order valence-corrected chi connectivity index (χ3v) is 6.22. The number of carbonyl (C=O) groups excluding carboxylic acids is 1. The van der Waals surface area contributed by atoms with Crippen LogP contribution in [0.2, 0.25) is 0 Å². The first-order valence-electron chi connectivity index (χ1n) is 11.1. The number of nitrogens with one attached hydrogen (secondary N) is 2. The Balaban J connectivity index is 1.52. The maximum atomic E-state index is 13.4. The van der Waals surface area contributed by atoms with E-state index in [0.717, 1.165) is 44.2 Å². The van der Waals surface area contributed by atoms with Crippen molar-refractivity contribution < 1.29 is 18.0 Å². The van der Waals surface area contributed by atoms with Crippen molar-refractivity contribution in [3.05, 3.63) is 62.4 Å². The monoisotopic (exact) mass is 473 g/mol. The molecule has 1 aromatic carbocycles. The highest BCUT2D eigenvalue weighted by atomic mass is 19.4. The molecule has 2 aliphatic rings. The maximum absolute atomic E-state index is 13.4. The lowest BCUT2D eigenvalue weighted by Crippen LogP contribution is -2.31. The molecule has 1 saturated carbocycles. The van der Waals surface area contributed by atoms with Gasteiger partial charge in [0.1, 0.15) is 5.65 Å². The lowest BCUT2D eigenvalue weighted by Gasteiger charge is -2.31. The van der Waals surface area contributed by atoms with Crippen LogP contribution in [-0.2, 0) is 6.18 Å². The molecule has 3 heterocycles. The average molecular weight is 473 g/mol. The number of H-pyrrole nitrogens is 1. The molecule has 3 aromatic rings. The number of aromatic amines is 1. The van der Waals surface area contributed by atoms with E-state index < -0.39 is 28.9 Å². The number of amides is 1. The second-order valence-electron chi connectivity index (χ2n) is 8.69. The number of carbonyl (C=O) groups is 1. The van der Waals surface area contributed by atoms with Crippen molar-refractivity contribution in [1.82, 2.24) is 14.5 Å². The van der Waals surface area contributed by atoms with E-state index in [1.807, 2.05) is 4.90 Å². The van der Waals surface area contributed by atoms with Gasteiger partial charge in [-0.2, -0.15) is 13.2 Å². The van der Waals surface area contributed by atoms with Crippen LogP contribution < -0.4 is 21.5 Å². The van der Waals surface area contributed by atoms with Gasteiger partial charge in [-0.15, -0.1) is 0 Å². The van der Waals surface area contributed by atoms with E-state index in [0.29, 0.717) is 18.8 Å². The molecule has 178 valence electrons. The third kappa shape index (κ3) is 4.17. The molecule has 8 nitrogen and oxygen atoms in total. The second-order valence-corrected chi connectivity index (χ2v) is 8.69. The Hall–Kier alpha value is -3.63. The summed E-state index contributed by atoms with van der Waals surface area (Å²) in [5.41, 5.74) is -1.37. The van der Waals surface area contributed by atoms with Crippen LogP contribution in [0.4, 0.5) is 24.5 Å². The highest BCUT2D eigenvalue weighted by molar-refractivity contribution is 6.07. The highest BCUT2D eigenvalue weighted by Gasteiger charge is 2.32. The van der Waals surface area contributed by atoms with Crippen LogP contribution in [0.15, 0.2) is 40.1 Å². The Labute approximate surface area is 191 Å². The van der Waals surface area contributed by atoms with E-state index in [-0.39, 0.29) is 28.3 Å². The number of aromatic nitrogens is 3. The molecule has 0 spiro atoms. The summed E-state index contributed by atoms with van der Waals surface area (Å²) in [6, 6.07) is 4.57. The van der Waals surface area contributed by atoms with Crippen molar-refractivity contribution in [2.24, 2.45) is 0 Å². The topological polar surface area (TPSA) is 100 Å². The lowest BCUT2D eigenvalue weighted by atomic mass is 10.1. The lowest BCUT2D eigenvalue weighted by molar-refractivity contribution is -0.137. The number of halogens is 3. The summed E-state index contributed by atoms with van der Waals surface area (Å²) in [7, 11) is 0. The summed E-state index contributed by atoms with van der Waals surface area (Å²) < 4.78 is 41.5. The van der Waals surface area contributed by atoms with Crippen LogP contribution >= 0.6 is 0 Å². The second kappa shape index (κ2) is 8.30. The van der Waals surface area contributed by atoms with Gasteiger partial charge in [0, 0.05) is 25.3 Å². The summed E-state index contributed by atoms with van der Waals surface area (Å²) in [4.78, 5) is 46.0. The van der Waals surface area contributed by atoms with E-state index in [4.69, 9.17) is 0 Å². The Morgan fingerprint density at radius 3 is 2.50 bits per heavy atom. The summed E-state index contributed by atoms with van der Waals surface area (Å²) in [5.74, 6) is -0.699. The maximum Gasteiger partial charge on any atom is 0.416 e. The zero-order valence-electron chi connectivity index (χ0n) is 18.1. The number of alkyl halides is 3. The van der Waals surface area contributed by atoms with Crippen LogP contribution in [0, 0.1) is 0 Å². The highest BCUT2D eigenvalue weighted by Crippen LogP contribution is 2.37. The van der Waals surface area contributed by atoms with Crippen LogP contribution in [-0.4, -0.2) is 33.5 Å². The number of fused-ring (bicyclic) bond motifs is 1. The van der Waals surface area contributed by atoms with Gasteiger partial charge in [0.2, 0.25) is 0 Å². The van der Waals surface area contributed by atoms with E-state index in [2.05, 4.69) is 15.3 Å². The van der Waals surface area contributed by atoms with Gasteiger partial charge in [0.25, 0.3) is 11.5 Å². The van der Waals surface area contributed by atoms with Gasteiger partial charge in [0.15, 0.2) is 0 Å². The molecule has 1 aliphatic heterocycles. The van der Waals surface area contributed by atoms with Crippen molar-refractivity contribution in [3.63, 3.8) is 0 Å². The van der Waals surface area contributed by atoms with Gasteiger partial charge in [-0.25, -0.2) is 9.78 Å². The zero-order chi connectivity index (χ0) is 24.0. The molecule has 0 radical (unpaired) electrons. The number of benzene rings is 1. The Bertz CT molecular complexity index is 1390. The largest absolute Gasteiger partial charge is 0.416 e. The van der Waals surface area contributed by atoms with Crippen LogP contribution in [0.5, 0.6) is 0 Å². The Morgan fingerprint density at radius 2 is 1.82 bits per heavy atom. The summed E-state index contributed by atoms with van der Waals surface area (Å²) in [6.45, 7) is 1.36. The molecule has 2 fully saturated rings. The minimum absolute atomic E-state index is 0.000928. The van der Waals surface area contributed by atoms with Crippen LogP contribution in [0.1, 0.15) is 54.1 Å². The fourth-order valence-corrected chi connectivity index (χ4v) is 4.35. The smallest absolute Gasteiger partial charge is 0.370 e. The number of pyridine rings is 1. The fourth-order valence-electron chi connectivity index (χ4n) is 4.35. The first-order chi connectivity index (χ1) is 16.2. The molecular formula is C23H22F3N5O3. The van der Waals surface area contributed by atoms with Crippen molar-refractivity contribution in [3.8, 4) is 0 Å². The summed E-state index contributed by atoms with van der Waals surface area (Å²) in [6.07, 6.45) is 1.11. The number of nitrogens with zero attached hydrogens (tertiary/aromatic N) is 3. The first kappa shape index (κ1) is 22.2. The third-order valence-electron chi connectivity index (χ3n) is 6.22. The van der Waals surface area contributed by atoms with Crippen LogP contribution in [0.3, 0.4) is 0 Å². The van der Waals surface area contributed by atoms with E-state index in [9.17, 15) is 27.6 Å². The van der Waals surface area contributed by atoms with Crippen LogP contribution in [0.25, 0.3) is 11.0 Å². The Morgan fingerprint density at radius 1 is 1.09 bits per heavy atom.